The lowest BCUT2D eigenvalue weighted by molar-refractivity contribution is -0.121. The number of benzene rings is 2. The highest BCUT2D eigenvalue weighted by Gasteiger charge is 2.25. The van der Waals surface area contributed by atoms with E-state index in [2.05, 4.69) is 16.3 Å². The molecular weight excluding hydrogens is 336 g/mol. The van der Waals surface area contributed by atoms with Crippen molar-refractivity contribution in [1.82, 2.24) is 4.90 Å². The zero-order chi connectivity index (χ0) is 17.6. The summed E-state index contributed by atoms with van der Waals surface area (Å²) in [5.74, 6) is 0.943. The minimum atomic E-state index is 0.0598. The lowest BCUT2D eigenvalue weighted by atomic mass is 9.95. The van der Waals surface area contributed by atoms with Gasteiger partial charge in [0.1, 0.15) is 5.75 Å². The Morgan fingerprint density at radius 2 is 1.84 bits per heavy atom. The minimum absolute atomic E-state index is 0.0598. The first-order chi connectivity index (χ1) is 12.2. The molecule has 3 rings (SSSR count). The van der Waals surface area contributed by atoms with E-state index >= 15 is 0 Å². The molecule has 1 saturated heterocycles. The van der Waals surface area contributed by atoms with Gasteiger partial charge in [-0.05, 0) is 61.8 Å². The molecule has 1 amide bonds. The number of halogens is 1. The molecule has 0 spiro atoms. The van der Waals surface area contributed by atoms with Crippen LogP contribution in [0.15, 0.2) is 48.5 Å². The minimum Gasteiger partial charge on any atom is -0.497 e. The molecule has 1 heterocycles. The Labute approximate surface area is 153 Å². The molecule has 2 aromatic rings. The van der Waals surface area contributed by atoms with Gasteiger partial charge in [-0.2, -0.15) is 0 Å². The topological polar surface area (TPSA) is 41.6 Å². The van der Waals surface area contributed by atoms with Crippen LogP contribution in [-0.4, -0.2) is 31.0 Å². The standard InChI is InChI=1S/C20H23ClN2O2/c1-25-18-8-6-17(7-9-18)22-20(24)15-10-12-23(13-11-15)14-16-4-2-3-5-19(16)21/h2-9,15H,10-14H2,1H3,(H,22,24). The third-order valence-corrected chi connectivity index (χ3v) is 5.04. The fourth-order valence-corrected chi connectivity index (χ4v) is 3.33. The first-order valence-corrected chi connectivity index (χ1v) is 8.94. The van der Waals surface area contributed by atoms with Crippen molar-refractivity contribution in [3.63, 3.8) is 0 Å². The van der Waals surface area contributed by atoms with Gasteiger partial charge in [0.05, 0.1) is 7.11 Å². The number of likely N-dealkylation sites (tertiary alicyclic amines) is 1. The summed E-state index contributed by atoms with van der Waals surface area (Å²) in [5.41, 5.74) is 1.95. The number of carbonyl (C=O) groups is 1. The van der Waals surface area contributed by atoms with Crippen molar-refractivity contribution in [2.45, 2.75) is 19.4 Å². The number of nitrogens with zero attached hydrogens (tertiary/aromatic N) is 1. The fourth-order valence-electron chi connectivity index (χ4n) is 3.14. The van der Waals surface area contributed by atoms with Gasteiger partial charge >= 0.3 is 0 Å². The Kier molecular flexibility index (Phi) is 5.95. The quantitative estimate of drug-likeness (QED) is 0.870. The van der Waals surface area contributed by atoms with Crippen LogP contribution < -0.4 is 10.1 Å². The average molecular weight is 359 g/mol. The second kappa shape index (κ2) is 8.37. The summed E-state index contributed by atoms with van der Waals surface area (Å²) in [6.45, 7) is 2.66. The Morgan fingerprint density at radius 3 is 2.48 bits per heavy atom. The number of rotatable bonds is 5. The number of amides is 1. The molecule has 0 unspecified atom stereocenters. The Bertz CT molecular complexity index is 710. The van der Waals surface area contributed by atoms with Crippen molar-refractivity contribution in [3.8, 4) is 5.75 Å². The van der Waals surface area contributed by atoms with Gasteiger partial charge in [0.25, 0.3) is 0 Å². The van der Waals surface area contributed by atoms with E-state index in [9.17, 15) is 4.79 Å². The molecule has 0 bridgehead atoms. The molecule has 4 nitrogen and oxygen atoms in total. The largest absolute Gasteiger partial charge is 0.497 e. The molecule has 5 heteroatoms. The van der Waals surface area contributed by atoms with E-state index < -0.39 is 0 Å². The summed E-state index contributed by atoms with van der Waals surface area (Å²) in [6, 6.07) is 15.4. The second-order valence-corrected chi connectivity index (χ2v) is 6.77. The number of anilines is 1. The van der Waals surface area contributed by atoms with Gasteiger partial charge in [-0.3, -0.25) is 9.69 Å². The van der Waals surface area contributed by atoms with Gasteiger partial charge in [0.15, 0.2) is 0 Å². The second-order valence-electron chi connectivity index (χ2n) is 6.36. The zero-order valence-corrected chi connectivity index (χ0v) is 15.1. The van der Waals surface area contributed by atoms with Gasteiger partial charge in [-0.25, -0.2) is 0 Å². The molecule has 1 N–H and O–H groups in total. The van der Waals surface area contributed by atoms with E-state index in [-0.39, 0.29) is 11.8 Å². The normalized spacial score (nSPS) is 15.8. The molecule has 0 aliphatic carbocycles. The van der Waals surface area contributed by atoms with E-state index in [0.717, 1.165) is 54.5 Å². The summed E-state index contributed by atoms with van der Waals surface area (Å²) in [5, 5.41) is 3.81. The smallest absolute Gasteiger partial charge is 0.227 e. The van der Waals surface area contributed by atoms with Crippen LogP contribution in [0.3, 0.4) is 0 Å². The lowest BCUT2D eigenvalue weighted by Gasteiger charge is -2.31. The van der Waals surface area contributed by atoms with Crippen LogP contribution in [0.2, 0.25) is 5.02 Å². The summed E-state index contributed by atoms with van der Waals surface area (Å²) in [7, 11) is 1.63. The van der Waals surface area contributed by atoms with Crippen LogP contribution in [0.25, 0.3) is 0 Å². The number of carbonyl (C=O) groups excluding carboxylic acids is 1. The van der Waals surface area contributed by atoms with Gasteiger partial charge < -0.3 is 10.1 Å². The van der Waals surface area contributed by atoms with E-state index in [4.69, 9.17) is 16.3 Å². The van der Waals surface area contributed by atoms with Crippen molar-refractivity contribution >= 4 is 23.2 Å². The molecule has 0 atom stereocenters. The maximum Gasteiger partial charge on any atom is 0.227 e. The maximum atomic E-state index is 12.5. The van der Waals surface area contributed by atoms with E-state index in [1.165, 1.54) is 0 Å². The molecule has 0 aromatic heterocycles. The summed E-state index contributed by atoms with van der Waals surface area (Å²) >= 11 is 6.23. The van der Waals surface area contributed by atoms with Crippen LogP contribution in [0.1, 0.15) is 18.4 Å². The number of ether oxygens (including phenoxy) is 1. The molecule has 1 fully saturated rings. The Balaban J connectivity index is 1.49. The van der Waals surface area contributed by atoms with Gasteiger partial charge in [0, 0.05) is 23.2 Å². The van der Waals surface area contributed by atoms with Gasteiger partial charge in [-0.1, -0.05) is 29.8 Å². The molecule has 1 aliphatic rings. The number of hydrogen-bond donors (Lipinski definition) is 1. The van der Waals surface area contributed by atoms with Crippen molar-refractivity contribution < 1.29 is 9.53 Å². The molecule has 2 aromatic carbocycles. The average Bonchev–Trinajstić information content (AvgIpc) is 2.65. The highest BCUT2D eigenvalue weighted by atomic mass is 35.5. The Hall–Kier alpha value is -2.04. The summed E-state index contributed by atoms with van der Waals surface area (Å²) in [6.07, 6.45) is 1.74. The summed E-state index contributed by atoms with van der Waals surface area (Å²) in [4.78, 5) is 14.8. The van der Waals surface area contributed by atoms with Crippen molar-refractivity contribution in [3.05, 3.63) is 59.1 Å². The van der Waals surface area contributed by atoms with Crippen molar-refractivity contribution in [2.24, 2.45) is 5.92 Å². The first-order valence-electron chi connectivity index (χ1n) is 8.56. The number of nitrogens with one attached hydrogen (secondary N) is 1. The number of piperidine rings is 1. The zero-order valence-electron chi connectivity index (χ0n) is 14.4. The highest BCUT2D eigenvalue weighted by molar-refractivity contribution is 6.31. The predicted octanol–water partition coefficient (Wildman–Crippen LogP) is 4.20. The predicted molar refractivity (Wildman–Crippen MR) is 101 cm³/mol. The van der Waals surface area contributed by atoms with E-state index in [1.807, 2.05) is 42.5 Å². The molecule has 1 aliphatic heterocycles. The third-order valence-electron chi connectivity index (χ3n) is 4.67. The van der Waals surface area contributed by atoms with Crippen LogP contribution >= 0.6 is 11.6 Å². The number of methoxy groups -OCH3 is 1. The van der Waals surface area contributed by atoms with Crippen LogP contribution in [-0.2, 0) is 11.3 Å². The number of hydrogen-bond acceptors (Lipinski definition) is 3. The fraction of sp³-hybridized carbons (Fsp3) is 0.350. The van der Waals surface area contributed by atoms with Gasteiger partial charge in [-0.15, -0.1) is 0 Å². The lowest BCUT2D eigenvalue weighted by Crippen LogP contribution is -2.37. The molecule has 25 heavy (non-hydrogen) atoms. The van der Waals surface area contributed by atoms with E-state index in [1.54, 1.807) is 7.11 Å². The molecular formula is C20H23ClN2O2. The van der Waals surface area contributed by atoms with Crippen molar-refractivity contribution in [1.29, 1.82) is 0 Å². The molecule has 132 valence electrons. The first kappa shape index (κ1) is 17.8. The van der Waals surface area contributed by atoms with Crippen LogP contribution in [0, 0.1) is 5.92 Å². The third kappa shape index (κ3) is 4.74. The highest BCUT2D eigenvalue weighted by Crippen LogP contribution is 2.24. The molecule has 0 radical (unpaired) electrons. The monoisotopic (exact) mass is 358 g/mol. The van der Waals surface area contributed by atoms with Crippen LogP contribution in [0.5, 0.6) is 5.75 Å². The van der Waals surface area contributed by atoms with Gasteiger partial charge in [0.2, 0.25) is 5.91 Å². The molecule has 0 saturated carbocycles. The van der Waals surface area contributed by atoms with E-state index in [0.29, 0.717) is 0 Å². The van der Waals surface area contributed by atoms with Crippen molar-refractivity contribution in [2.75, 3.05) is 25.5 Å². The summed E-state index contributed by atoms with van der Waals surface area (Å²) < 4.78 is 5.13. The maximum absolute atomic E-state index is 12.5. The van der Waals surface area contributed by atoms with Crippen LogP contribution in [0.4, 0.5) is 5.69 Å². The SMILES string of the molecule is COc1ccc(NC(=O)C2CCN(Cc3ccccc3Cl)CC2)cc1. The Morgan fingerprint density at radius 1 is 1.16 bits per heavy atom.